The fourth-order valence-electron chi connectivity index (χ4n) is 1.87. The number of aliphatic carboxylic acids is 1. The molecule has 2 rings (SSSR count). The van der Waals surface area contributed by atoms with Crippen LogP contribution in [0.1, 0.15) is 29.0 Å². The summed E-state index contributed by atoms with van der Waals surface area (Å²) < 4.78 is 0. The molecule has 17 heavy (non-hydrogen) atoms. The molecule has 0 saturated heterocycles. The van der Waals surface area contributed by atoms with Gasteiger partial charge in [0.1, 0.15) is 5.69 Å². The molecule has 0 bridgehead atoms. The van der Waals surface area contributed by atoms with E-state index in [1.807, 2.05) is 13.0 Å². The molecule has 0 aliphatic heterocycles. The first-order valence-corrected chi connectivity index (χ1v) is 5.53. The van der Waals surface area contributed by atoms with Gasteiger partial charge in [-0.1, -0.05) is 6.07 Å². The van der Waals surface area contributed by atoms with Crippen molar-refractivity contribution in [3.05, 3.63) is 29.6 Å². The highest BCUT2D eigenvalue weighted by Crippen LogP contribution is 2.27. The highest BCUT2D eigenvalue weighted by Gasteiger charge is 2.35. The van der Waals surface area contributed by atoms with Crippen LogP contribution >= 0.6 is 0 Å². The number of hydrogen-bond donors (Lipinski definition) is 2. The van der Waals surface area contributed by atoms with Crippen LogP contribution in [0, 0.1) is 12.8 Å². The van der Waals surface area contributed by atoms with Crippen LogP contribution < -0.4 is 5.32 Å². The summed E-state index contributed by atoms with van der Waals surface area (Å²) in [6, 6.07) is 5.21. The second-order valence-corrected chi connectivity index (χ2v) is 4.34. The Balaban J connectivity index is 1.89. The van der Waals surface area contributed by atoms with E-state index in [2.05, 4.69) is 10.3 Å². The summed E-state index contributed by atoms with van der Waals surface area (Å²) in [5.74, 6) is -1.34. The predicted molar refractivity (Wildman–Crippen MR) is 60.6 cm³/mol. The summed E-state index contributed by atoms with van der Waals surface area (Å²) in [5, 5.41) is 11.5. The van der Waals surface area contributed by atoms with Crippen molar-refractivity contribution in [1.29, 1.82) is 0 Å². The van der Waals surface area contributed by atoms with Gasteiger partial charge in [-0.3, -0.25) is 9.59 Å². The van der Waals surface area contributed by atoms with Crippen LogP contribution in [-0.2, 0) is 4.79 Å². The van der Waals surface area contributed by atoms with Gasteiger partial charge in [-0.15, -0.1) is 0 Å². The number of hydrogen-bond acceptors (Lipinski definition) is 3. The quantitative estimate of drug-likeness (QED) is 0.817. The lowest BCUT2D eigenvalue weighted by molar-refractivity contribution is -0.145. The van der Waals surface area contributed by atoms with E-state index in [0.717, 1.165) is 5.69 Å². The molecule has 1 aromatic rings. The lowest BCUT2D eigenvalue weighted by Gasteiger charge is -2.32. The largest absolute Gasteiger partial charge is 0.481 e. The van der Waals surface area contributed by atoms with Gasteiger partial charge in [-0.2, -0.15) is 0 Å². The van der Waals surface area contributed by atoms with E-state index in [9.17, 15) is 9.59 Å². The SMILES string of the molecule is Cc1cccc(C(=O)NC2CC(C(=O)O)C2)n1. The lowest BCUT2D eigenvalue weighted by Crippen LogP contribution is -2.46. The minimum Gasteiger partial charge on any atom is -0.481 e. The Hall–Kier alpha value is -1.91. The van der Waals surface area contributed by atoms with Crippen molar-refractivity contribution in [2.24, 2.45) is 5.92 Å². The van der Waals surface area contributed by atoms with Crippen molar-refractivity contribution < 1.29 is 14.7 Å². The van der Waals surface area contributed by atoms with Gasteiger partial charge in [-0.05, 0) is 31.9 Å². The molecule has 1 saturated carbocycles. The van der Waals surface area contributed by atoms with Gasteiger partial charge in [0.2, 0.25) is 0 Å². The molecule has 1 aliphatic rings. The monoisotopic (exact) mass is 234 g/mol. The molecule has 1 amide bonds. The number of nitrogens with one attached hydrogen (secondary N) is 1. The molecular formula is C12H14N2O3. The first-order valence-electron chi connectivity index (χ1n) is 5.53. The first-order chi connectivity index (χ1) is 8.06. The summed E-state index contributed by atoms with van der Waals surface area (Å²) in [7, 11) is 0. The van der Waals surface area contributed by atoms with Gasteiger partial charge in [0, 0.05) is 11.7 Å². The minimum absolute atomic E-state index is 0.0362. The van der Waals surface area contributed by atoms with E-state index in [-0.39, 0.29) is 17.9 Å². The molecule has 0 aromatic carbocycles. The van der Waals surface area contributed by atoms with Gasteiger partial charge in [0.15, 0.2) is 0 Å². The maximum absolute atomic E-state index is 11.8. The van der Waals surface area contributed by atoms with Crippen LogP contribution in [0.25, 0.3) is 0 Å². The number of carbonyl (C=O) groups is 2. The van der Waals surface area contributed by atoms with Crippen LogP contribution in [0.3, 0.4) is 0 Å². The highest BCUT2D eigenvalue weighted by atomic mass is 16.4. The molecule has 0 unspecified atom stereocenters. The van der Waals surface area contributed by atoms with Crippen LogP contribution in [-0.4, -0.2) is 28.0 Å². The Morgan fingerprint density at radius 1 is 1.41 bits per heavy atom. The van der Waals surface area contributed by atoms with E-state index >= 15 is 0 Å². The number of carboxylic acid groups (broad SMARTS) is 1. The maximum atomic E-state index is 11.8. The standard InChI is InChI=1S/C12H14N2O3/c1-7-3-2-4-10(13-7)11(15)14-9-5-8(6-9)12(16)17/h2-4,8-9H,5-6H2,1H3,(H,14,15)(H,16,17). The van der Waals surface area contributed by atoms with Gasteiger partial charge in [-0.25, -0.2) is 4.98 Å². The zero-order valence-electron chi connectivity index (χ0n) is 9.51. The lowest BCUT2D eigenvalue weighted by atomic mass is 9.80. The van der Waals surface area contributed by atoms with Crippen LogP contribution in [0.4, 0.5) is 0 Å². The van der Waals surface area contributed by atoms with Crippen molar-refractivity contribution >= 4 is 11.9 Å². The topological polar surface area (TPSA) is 79.3 Å². The minimum atomic E-state index is -0.788. The summed E-state index contributed by atoms with van der Waals surface area (Å²) in [5.41, 5.74) is 1.17. The Morgan fingerprint density at radius 2 is 2.12 bits per heavy atom. The summed E-state index contributed by atoms with van der Waals surface area (Å²) in [6.45, 7) is 1.82. The second kappa shape index (κ2) is 4.53. The van der Waals surface area contributed by atoms with E-state index in [1.165, 1.54) is 0 Å². The predicted octanol–water partition coefficient (Wildman–Crippen LogP) is 0.983. The number of aryl methyl sites for hydroxylation is 1. The van der Waals surface area contributed by atoms with Crippen molar-refractivity contribution in [2.75, 3.05) is 0 Å². The third kappa shape index (κ3) is 2.61. The Labute approximate surface area is 98.9 Å². The van der Waals surface area contributed by atoms with E-state index in [1.54, 1.807) is 12.1 Å². The molecule has 0 radical (unpaired) electrons. The van der Waals surface area contributed by atoms with Crippen molar-refractivity contribution in [1.82, 2.24) is 10.3 Å². The molecule has 1 aromatic heterocycles. The molecule has 1 aliphatic carbocycles. The number of carboxylic acids is 1. The molecule has 0 atom stereocenters. The Morgan fingerprint density at radius 3 is 2.71 bits per heavy atom. The molecule has 90 valence electrons. The number of aromatic nitrogens is 1. The van der Waals surface area contributed by atoms with Crippen molar-refractivity contribution in [3.63, 3.8) is 0 Å². The molecule has 1 fully saturated rings. The number of nitrogens with zero attached hydrogens (tertiary/aromatic N) is 1. The fourth-order valence-corrected chi connectivity index (χ4v) is 1.87. The number of rotatable bonds is 3. The van der Waals surface area contributed by atoms with Gasteiger partial charge in [0.05, 0.1) is 5.92 Å². The average molecular weight is 234 g/mol. The summed E-state index contributed by atoms with van der Waals surface area (Å²) in [4.78, 5) is 26.5. The molecular weight excluding hydrogens is 220 g/mol. The van der Waals surface area contributed by atoms with Gasteiger partial charge in [0.25, 0.3) is 5.91 Å². The third-order valence-corrected chi connectivity index (χ3v) is 2.94. The third-order valence-electron chi connectivity index (χ3n) is 2.94. The maximum Gasteiger partial charge on any atom is 0.306 e. The fraction of sp³-hybridized carbons (Fsp3) is 0.417. The number of carbonyl (C=O) groups excluding carboxylic acids is 1. The van der Waals surface area contributed by atoms with Crippen LogP contribution in [0.15, 0.2) is 18.2 Å². The molecule has 2 N–H and O–H groups in total. The first kappa shape index (κ1) is 11.6. The van der Waals surface area contributed by atoms with Crippen LogP contribution in [0.2, 0.25) is 0 Å². The van der Waals surface area contributed by atoms with E-state index in [4.69, 9.17) is 5.11 Å². The summed E-state index contributed by atoms with van der Waals surface area (Å²) >= 11 is 0. The zero-order chi connectivity index (χ0) is 12.4. The number of pyridine rings is 1. The van der Waals surface area contributed by atoms with Crippen molar-refractivity contribution in [2.45, 2.75) is 25.8 Å². The van der Waals surface area contributed by atoms with E-state index in [0.29, 0.717) is 18.5 Å². The number of amides is 1. The highest BCUT2D eigenvalue weighted by molar-refractivity contribution is 5.92. The van der Waals surface area contributed by atoms with Crippen molar-refractivity contribution in [3.8, 4) is 0 Å². The van der Waals surface area contributed by atoms with Gasteiger partial charge >= 0.3 is 5.97 Å². The zero-order valence-corrected chi connectivity index (χ0v) is 9.51. The molecule has 0 spiro atoms. The van der Waals surface area contributed by atoms with Crippen LogP contribution in [0.5, 0.6) is 0 Å². The van der Waals surface area contributed by atoms with Gasteiger partial charge < -0.3 is 10.4 Å². The Kier molecular flexibility index (Phi) is 3.08. The summed E-state index contributed by atoms with van der Waals surface area (Å²) in [6.07, 6.45) is 1.01. The molecule has 5 heteroatoms. The average Bonchev–Trinajstić information content (AvgIpc) is 2.21. The molecule has 1 heterocycles. The Bertz CT molecular complexity index is 453. The molecule has 5 nitrogen and oxygen atoms in total. The normalized spacial score (nSPS) is 22.6. The van der Waals surface area contributed by atoms with E-state index < -0.39 is 5.97 Å². The smallest absolute Gasteiger partial charge is 0.306 e. The second-order valence-electron chi connectivity index (χ2n) is 4.34.